The fourth-order valence-corrected chi connectivity index (χ4v) is 2.71. The molecule has 2 N–H and O–H groups in total. The van der Waals surface area contributed by atoms with Crippen LogP contribution in [0.2, 0.25) is 5.02 Å². The van der Waals surface area contributed by atoms with Crippen LogP contribution in [0.3, 0.4) is 0 Å². The molecule has 0 unspecified atom stereocenters. The summed E-state index contributed by atoms with van der Waals surface area (Å²) >= 11 is 5.93. The first-order chi connectivity index (χ1) is 11.6. The minimum atomic E-state index is -0.0641. The van der Waals surface area contributed by atoms with Gasteiger partial charge in [-0.1, -0.05) is 11.6 Å². The third-order valence-corrected chi connectivity index (χ3v) is 3.92. The Hall–Kier alpha value is -2.40. The molecule has 0 spiro atoms. The van der Waals surface area contributed by atoms with Crippen LogP contribution in [0.4, 0.5) is 11.4 Å². The highest BCUT2D eigenvalue weighted by molar-refractivity contribution is 6.30. The molecule has 3 rings (SSSR count). The van der Waals surface area contributed by atoms with Crippen molar-refractivity contribution in [3.63, 3.8) is 0 Å². The first kappa shape index (κ1) is 16.5. The summed E-state index contributed by atoms with van der Waals surface area (Å²) < 4.78 is 11.0. The molecule has 126 valence electrons. The first-order valence-corrected chi connectivity index (χ1v) is 8.19. The average molecular weight is 347 g/mol. The highest BCUT2D eigenvalue weighted by Gasteiger charge is 2.12. The van der Waals surface area contributed by atoms with Gasteiger partial charge in [-0.05, 0) is 42.8 Å². The maximum atomic E-state index is 12.1. The normalized spacial score (nSPS) is 12.6. The lowest BCUT2D eigenvalue weighted by atomic mass is 10.2. The zero-order valence-corrected chi connectivity index (χ0v) is 14.2. The molecule has 0 radical (unpaired) electrons. The van der Waals surface area contributed by atoms with E-state index < -0.39 is 0 Å². The molecular weight excluding hydrogens is 328 g/mol. The van der Waals surface area contributed by atoms with Gasteiger partial charge in [0.25, 0.3) is 0 Å². The van der Waals surface area contributed by atoms with Crippen LogP contribution >= 0.6 is 11.6 Å². The lowest BCUT2D eigenvalue weighted by Gasteiger charge is -2.19. The van der Waals surface area contributed by atoms with Gasteiger partial charge in [-0.2, -0.15) is 0 Å². The second-order valence-electron chi connectivity index (χ2n) is 5.54. The molecule has 2 aromatic rings. The first-order valence-electron chi connectivity index (χ1n) is 7.81. The van der Waals surface area contributed by atoms with Gasteiger partial charge in [0.2, 0.25) is 5.91 Å². The molecule has 1 aliphatic rings. The summed E-state index contributed by atoms with van der Waals surface area (Å²) in [7, 11) is 0. The number of carbonyl (C=O) groups excluding carboxylic acids is 1. The quantitative estimate of drug-likeness (QED) is 0.863. The summed E-state index contributed by atoms with van der Waals surface area (Å²) in [4.78, 5) is 12.1. The number of carbonyl (C=O) groups is 1. The van der Waals surface area contributed by atoms with Gasteiger partial charge in [-0.15, -0.1) is 0 Å². The fourth-order valence-electron chi connectivity index (χ4n) is 2.48. The fraction of sp³-hybridized carbons (Fsp3) is 0.278. The van der Waals surface area contributed by atoms with E-state index in [0.29, 0.717) is 48.4 Å². The number of halogens is 1. The van der Waals surface area contributed by atoms with Gasteiger partial charge in [0, 0.05) is 35.4 Å². The van der Waals surface area contributed by atoms with Gasteiger partial charge in [0.1, 0.15) is 13.2 Å². The zero-order chi connectivity index (χ0) is 16.9. The van der Waals surface area contributed by atoms with Gasteiger partial charge in [0.05, 0.1) is 0 Å². The number of anilines is 2. The van der Waals surface area contributed by atoms with Crippen LogP contribution in [-0.2, 0) is 4.79 Å². The minimum absolute atomic E-state index is 0.0641. The van der Waals surface area contributed by atoms with Crippen molar-refractivity contribution < 1.29 is 14.3 Å². The number of rotatable bonds is 5. The molecule has 0 bridgehead atoms. The third kappa shape index (κ3) is 4.11. The Kier molecular flexibility index (Phi) is 5.11. The molecule has 1 aliphatic heterocycles. The van der Waals surface area contributed by atoms with Crippen molar-refractivity contribution in [2.24, 2.45) is 0 Å². The minimum Gasteiger partial charge on any atom is -0.486 e. The van der Waals surface area contributed by atoms with Gasteiger partial charge in [-0.25, -0.2) is 0 Å². The van der Waals surface area contributed by atoms with E-state index in [-0.39, 0.29) is 5.91 Å². The average Bonchev–Trinajstić information content (AvgIpc) is 2.57. The van der Waals surface area contributed by atoms with Crippen molar-refractivity contribution in [1.29, 1.82) is 0 Å². The molecule has 0 atom stereocenters. The van der Waals surface area contributed by atoms with Crippen molar-refractivity contribution in [1.82, 2.24) is 0 Å². The summed E-state index contributed by atoms with van der Waals surface area (Å²) in [5.41, 5.74) is 2.73. The second-order valence-corrected chi connectivity index (χ2v) is 5.98. The summed E-state index contributed by atoms with van der Waals surface area (Å²) in [6, 6.07) is 11.0. The van der Waals surface area contributed by atoms with Crippen molar-refractivity contribution in [2.75, 3.05) is 30.4 Å². The molecule has 1 amide bonds. The molecule has 2 aromatic carbocycles. The maximum absolute atomic E-state index is 12.1. The molecule has 0 saturated carbocycles. The van der Waals surface area contributed by atoms with Crippen LogP contribution in [-0.4, -0.2) is 25.7 Å². The third-order valence-electron chi connectivity index (χ3n) is 3.68. The van der Waals surface area contributed by atoms with Crippen LogP contribution in [0.5, 0.6) is 11.5 Å². The Morgan fingerprint density at radius 3 is 2.71 bits per heavy atom. The van der Waals surface area contributed by atoms with Crippen LogP contribution in [0.25, 0.3) is 0 Å². The van der Waals surface area contributed by atoms with Gasteiger partial charge in [-0.3, -0.25) is 4.79 Å². The van der Waals surface area contributed by atoms with Crippen LogP contribution in [0, 0.1) is 6.92 Å². The smallest absolute Gasteiger partial charge is 0.226 e. The van der Waals surface area contributed by atoms with E-state index in [4.69, 9.17) is 21.1 Å². The number of hydrogen-bond acceptors (Lipinski definition) is 4. The Morgan fingerprint density at radius 2 is 1.92 bits per heavy atom. The molecule has 6 heteroatoms. The van der Waals surface area contributed by atoms with E-state index >= 15 is 0 Å². The molecule has 0 saturated heterocycles. The SMILES string of the molecule is Cc1cc(Cl)ccc1NCCC(=O)Nc1ccc2c(c1)OCCO2. The lowest BCUT2D eigenvalue weighted by Crippen LogP contribution is -2.18. The van der Waals surface area contributed by atoms with E-state index in [0.717, 1.165) is 11.3 Å². The number of aryl methyl sites for hydroxylation is 1. The summed E-state index contributed by atoms with van der Waals surface area (Å²) in [6.07, 6.45) is 0.358. The van der Waals surface area contributed by atoms with E-state index in [1.165, 1.54) is 0 Å². The topological polar surface area (TPSA) is 59.6 Å². The lowest BCUT2D eigenvalue weighted by molar-refractivity contribution is -0.115. The Balaban J connectivity index is 1.50. The standard InChI is InChI=1S/C18H19ClN2O3/c1-12-10-13(19)2-4-15(12)20-7-6-18(22)21-14-3-5-16-17(11-14)24-9-8-23-16/h2-5,10-11,20H,6-9H2,1H3,(H,21,22). The van der Waals surface area contributed by atoms with E-state index in [9.17, 15) is 4.79 Å². The summed E-state index contributed by atoms with van der Waals surface area (Å²) in [6.45, 7) is 3.59. The van der Waals surface area contributed by atoms with Gasteiger partial charge >= 0.3 is 0 Å². The monoisotopic (exact) mass is 346 g/mol. The van der Waals surface area contributed by atoms with Crippen LogP contribution < -0.4 is 20.1 Å². The summed E-state index contributed by atoms with van der Waals surface area (Å²) in [5.74, 6) is 1.30. The number of benzene rings is 2. The number of fused-ring (bicyclic) bond motifs is 1. The number of hydrogen-bond donors (Lipinski definition) is 2. The van der Waals surface area contributed by atoms with Crippen molar-refractivity contribution >= 4 is 28.9 Å². The van der Waals surface area contributed by atoms with Crippen molar-refractivity contribution in [3.05, 3.63) is 47.0 Å². The molecule has 1 heterocycles. The predicted molar refractivity (Wildman–Crippen MR) is 95.4 cm³/mol. The van der Waals surface area contributed by atoms with Gasteiger partial charge < -0.3 is 20.1 Å². The second kappa shape index (κ2) is 7.45. The zero-order valence-electron chi connectivity index (χ0n) is 13.4. The maximum Gasteiger partial charge on any atom is 0.226 e. The molecular formula is C18H19ClN2O3. The van der Waals surface area contributed by atoms with E-state index in [2.05, 4.69) is 10.6 Å². The highest BCUT2D eigenvalue weighted by atomic mass is 35.5. The summed E-state index contributed by atoms with van der Waals surface area (Å²) in [5, 5.41) is 6.81. The van der Waals surface area contributed by atoms with Crippen LogP contribution in [0.1, 0.15) is 12.0 Å². The van der Waals surface area contributed by atoms with Crippen molar-refractivity contribution in [3.8, 4) is 11.5 Å². The number of ether oxygens (including phenoxy) is 2. The number of amides is 1. The highest BCUT2D eigenvalue weighted by Crippen LogP contribution is 2.32. The number of nitrogens with one attached hydrogen (secondary N) is 2. The van der Waals surface area contributed by atoms with E-state index in [1.54, 1.807) is 12.1 Å². The van der Waals surface area contributed by atoms with Crippen LogP contribution in [0.15, 0.2) is 36.4 Å². The largest absolute Gasteiger partial charge is 0.486 e. The molecule has 0 aliphatic carbocycles. The Labute approximate surface area is 145 Å². The Morgan fingerprint density at radius 1 is 1.12 bits per heavy atom. The molecule has 5 nitrogen and oxygen atoms in total. The molecule has 0 fully saturated rings. The van der Waals surface area contributed by atoms with E-state index in [1.807, 2.05) is 31.2 Å². The van der Waals surface area contributed by atoms with Gasteiger partial charge in [0.15, 0.2) is 11.5 Å². The van der Waals surface area contributed by atoms with Crippen molar-refractivity contribution in [2.45, 2.75) is 13.3 Å². The predicted octanol–water partition coefficient (Wildman–Crippen LogP) is 3.86. The molecule has 0 aromatic heterocycles. The Bertz CT molecular complexity index is 749. The molecule has 24 heavy (non-hydrogen) atoms.